The smallest absolute Gasteiger partial charge is 0.228 e. The Labute approximate surface area is 116 Å². The van der Waals surface area contributed by atoms with Gasteiger partial charge in [-0.15, -0.1) is 5.10 Å². The summed E-state index contributed by atoms with van der Waals surface area (Å²) in [5, 5.41) is 11.7. The molecular weight excluding hydrogens is 282 g/mol. The molecule has 0 radical (unpaired) electrons. The zero-order valence-corrected chi connectivity index (χ0v) is 12.3. The van der Waals surface area contributed by atoms with E-state index in [0.29, 0.717) is 23.8 Å². The maximum Gasteiger partial charge on any atom is 0.228 e. The molecule has 0 bridgehead atoms. The van der Waals surface area contributed by atoms with Crippen molar-refractivity contribution >= 4 is 10.0 Å². The maximum absolute atomic E-state index is 11.3. The lowest BCUT2D eigenvalue weighted by atomic mass is 10.3. The highest BCUT2D eigenvalue weighted by Gasteiger charge is 2.14. The van der Waals surface area contributed by atoms with Gasteiger partial charge in [0.05, 0.1) is 11.9 Å². The van der Waals surface area contributed by atoms with E-state index < -0.39 is 10.0 Å². The van der Waals surface area contributed by atoms with Crippen LogP contribution < -0.4 is 0 Å². The summed E-state index contributed by atoms with van der Waals surface area (Å²) in [6.07, 6.45) is 1.49. The van der Waals surface area contributed by atoms with Gasteiger partial charge >= 0.3 is 0 Å². The number of rotatable bonds is 5. The normalized spacial score (nSPS) is 12.0. The van der Waals surface area contributed by atoms with Crippen molar-refractivity contribution in [1.29, 1.82) is 0 Å². The Hall–Kier alpha value is -1.87. The van der Waals surface area contributed by atoms with E-state index in [1.54, 1.807) is 12.1 Å². The molecule has 2 heterocycles. The first-order chi connectivity index (χ1) is 9.36. The highest BCUT2D eigenvalue weighted by Crippen LogP contribution is 2.12. The Bertz CT molecular complexity index is 680. The second-order valence-corrected chi connectivity index (χ2v) is 6.50. The third-order valence-electron chi connectivity index (χ3n) is 2.70. The van der Waals surface area contributed by atoms with Crippen LogP contribution in [0, 0.1) is 6.92 Å². The molecular formula is C11H15N5O3S. The van der Waals surface area contributed by atoms with Gasteiger partial charge in [0.2, 0.25) is 21.7 Å². The molecule has 2 rings (SSSR count). The first-order valence-corrected chi connectivity index (χ1v) is 7.75. The summed E-state index contributed by atoms with van der Waals surface area (Å²) >= 11 is 0. The van der Waals surface area contributed by atoms with Gasteiger partial charge in [0.15, 0.2) is 0 Å². The molecule has 20 heavy (non-hydrogen) atoms. The largest absolute Gasteiger partial charge is 0.339 e. The molecule has 0 N–H and O–H groups in total. The minimum Gasteiger partial charge on any atom is -0.339 e. The van der Waals surface area contributed by atoms with Crippen molar-refractivity contribution in [3.8, 4) is 11.5 Å². The predicted molar refractivity (Wildman–Crippen MR) is 71.2 cm³/mol. The van der Waals surface area contributed by atoms with Crippen molar-refractivity contribution in [2.24, 2.45) is 0 Å². The summed E-state index contributed by atoms with van der Waals surface area (Å²) < 4.78 is 28.8. The van der Waals surface area contributed by atoms with Crippen LogP contribution in [-0.2, 0) is 16.4 Å². The molecule has 0 atom stereocenters. The van der Waals surface area contributed by atoms with E-state index in [2.05, 4.69) is 20.3 Å². The number of sulfonamides is 1. The van der Waals surface area contributed by atoms with E-state index in [1.807, 2.05) is 6.92 Å². The average Bonchev–Trinajstić information content (AvgIpc) is 2.84. The van der Waals surface area contributed by atoms with Crippen LogP contribution in [-0.4, -0.2) is 52.9 Å². The minimum absolute atomic E-state index is 0.278. The number of nitrogens with zero attached hydrogens (tertiary/aromatic N) is 5. The summed E-state index contributed by atoms with van der Waals surface area (Å²) in [4.78, 5) is 4.16. The van der Waals surface area contributed by atoms with Crippen molar-refractivity contribution in [2.45, 2.75) is 13.3 Å². The van der Waals surface area contributed by atoms with Gasteiger partial charge < -0.3 is 4.52 Å². The molecule has 9 heteroatoms. The topological polar surface area (TPSA) is 102 Å². The standard InChI is InChI=1S/C11H15N5O3S/c1-8-4-5-9(14-13-8)11-12-10(19-15-11)6-7-16(2)20(3,17)18/h4-5H,6-7H2,1-3H3. The number of hydrogen-bond donors (Lipinski definition) is 0. The number of aryl methyl sites for hydroxylation is 1. The molecule has 0 aliphatic rings. The molecule has 8 nitrogen and oxygen atoms in total. The van der Waals surface area contributed by atoms with Gasteiger partial charge in [-0.3, -0.25) is 0 Å². The second kappa shape index (κ2) is 5.63. The summed E-state index contributed by atoms with van der Waals surface area (Å²) in [6, 6.07) is 3.55. The first-order valence-electron chi connectivity index (χ1n) is 5.91. The fourth-order valence-electron chi connectivity index (χ4n) is 1.40. The van der Waals surface area contributed by atoms with Crippen LogP contribution >= 0.6 is 0 Å². The Morgan fingerprint density at radius 3 is 2.65 bits per heavy atom. The Kier molecular flexibility index (Phi) is 4.09. The number of likely N-dealkylation sites (N-methyl/N-ethyl adjacent to an activating group) is 1. The van der Waals surface area contributed by atoms with Crippen LogP contribution in [0.4, 0.5) is 0 Å². The Morgan fingerprint density at radius 2 is 2.05 bits per heavy atom. The van der Waals surface area contributed by atoms with Gasteiger partial charge in [0, 0.05) is 20.0 Å². The quantitative estimate of drug-likeness (QED) is 0.780. The van der Waals surface area contributed by atoms with Crippen molar-refractivity contribution < 1.29 is 12.9 Å². The summed E-state index contributed by atoms with van der Waals surface area (Å²) in [6.45, 7) is 2.11. The SMILES string of the molecule is Cc1ccc(-c2noc(CCN(C)S(C)(=O)=O)n2)nn1. The van der Waals surface area contributed by atoms with E-state index in [9.17, 15) is 8.42 Å². The van der Waals surface area contributed by atoms with Crippen LogP contribution in [0.3, 0.4) is 0 Å². The fraction of sp³-hybridized carbons (Fsp3) is 0.455. The minimum atomic E-state index is -3.20. The van der Waals surface area contributed by atoms with Crippen molar-refractivity contribution in [2.75, 3.05) is 19.8 Å². The summed E-state index contributed by atoms with van der Waals surface area (Å²) in [7, 11) is -1.70. The summed E-state index contributed by atoms with van der Waals surface area (Å²) in [5.41, 5.74) is 1.31. The lowest BCUT2D eigenvalue weighted by Crippen LogP contribution is -2.27. The third kappa shape index (κ3) is 3.58. The molecule has 0 aliphatic heterocycles. The first kappa shape index (κ1) is 14.5. The highest BCUT2D eigenvalue weighted by atomic mass is 32.2. The van der Waals surface area contributed by atoms with Crippen molar-refractivity contribution in [3.05, 3.63) is 23.7 Å². The van der Waals surface area contributed by atoms with E-state index in [1.165, 1.54) is 11.4 Å². The molecule has 0 aromatic carbocycles. The van der Waals surface area contributed by atoms with Crippen LogP contribution in [0.15, 0.2) is 16.7 Å². The van der Waals surface area contributed by atoms with Crippen LogP contribution in [0.5, 0.6) is 0 Å². The van der Waals surface area contributed by atoms with Gasteiger partial charge in [-0.05, 0) is 19.1 Å². The molecule has 0 fully saturated rings. The van der Waals surface area contributed by atoms with Crippen LogP contribution in [0.25, 0.3) is 11.5 Å². The third-order valence-corrected chi connectivity index (χ3v) is 4.02. The molecule has 2 aromatic rings. The molecule has 0 saturated carbocycles. The molecule has 0 saturated heterocycles. The van der Waals surface area contributed by atoms with Gasteiger partial charge in [0.1, 0.15) is 5.69 Å². The fourth-order valence-corrected chi connectivity index (χ4v) is 1.82. The molecule has 0 spiro atoms. The van der Waals surface area contributed by atoms with E-state index >= 15 is 0 Å². The highest BCUT2D eigenvalue weighted by molar-refractivity contribution is 7.88. The zero-order chi connectivity index (χ0) is 14.8. The summed E-state index contributed by atoms with van der Waals surface area (Å²) in [5.74, 6) is 0.701. The Balaban J connectivity index is 2.04. The van der Waals surface area contributed by atoms with Gasteiger partial charge in [-0.1, -0.05) is 5.16 Å². The molecule has 2 aromatic heterocycles. The van der Waals surface area contributed by atoms with Gasteiger partial charge in [-0.25, -0.2) is 12.7 Å². The van der Waals surface area contributed by atoms with Gasteiger partial charge in [-0.2, -0.15) is 10.1 Å². The number of hydrogen-bond acceptors (Lipinski definition) is 7. The zero-order valence-electron chi connectivity index (χ0n) is 11.4. The molecule has 0 amide bonds. The lowest BCUT2D eigenvalue weighted by Gasteiger charge is -2.11. The van der Waals surface area contributed by atoms with Gasteiger partial charge in [0.25, 0.3) is 0 Å². The average molecular weight is 297 g/mol. The second-order valence-electron chi connectivity index (χ2n) is 4.41. The van der Waals surface area contributed by atoms with Crippen molar-refractivity contribution in [3.63, 3.8) is 0 Å². The van der Waals surface area contributed by atoms with Crippen LogP contribution in [0.2, 0.25) is 0 Å². The maximum atomic E-state index is 11.3. The van der Waals surface area contributed by atoms with Crippen LogP contribution in [0.1, 0.15) is 11.6 Å². The molecule has 108 valence electrons. The Morgan fingerprint density at radius 1 is 1.30 bits per heavy atom. The van der Waals surface area contributed by atoms with Crippen molar-refractivity contribution in [1.82, 2.24) is 24.6 Å². The van der Waals surface area contributed by atoms with E-state index in [0.717, 1.165) is 11.9 Å². The molecule has 0 aliphatic carbocycles. The number of aromatic nitrogens is 4. The molecule has 0 unspecified atom stereocenters. The van der Waals surface area contributed by atoms with E-state index in [4.69, 9.17) is 4.52 Å². The lowest BCUT2D eigenvalue weighted by molar-refractivity contribution is 0.365. The predicted octanol–water partition coefficient (Wildman–Crippen LogP) is 0.269. The monoisotopic (exact) mass is 297 g/mol. The van der Waals surface area contributed by atoms with E-state index in [-0.39, 0.29) is 6.54 Å².